The van der Waals surface area contributed by atoms with Crippen LogP contribution in [0, 0.1) is 0 Å². The number of para-hydroxylation sites is 1. The molecule has 1 aliphatic heterocycles. The van der Waals surface area contributed by atoms with E-state index in [9.17, 15) is 0 Å². The van der Waals surface area contributed by atoms with Crippen LogP contribution >= 0.6 is 0 Å². The molecular formula is C10H9N2. The SMILES string of the molecule is C1=CNc2ccccc2C=C1.[N]. The Kier molecular flexibility index (Phi) is 2.66. The standard InChI is InChI=1S/C10H9N.N/c1-2-7-10-9(5-1)6-3-4-8-11-10;/h1-8,11H;. The summed E-state index contributed by atoms with van der Waals surface area (Å²) in [5.74, 6) is 0. The molecule has 0 amide bonds. The molecule has 3 radical (unpaired) electrons. The highest BCUT2D eigenvalue weighted by Crippen LogP contribution is 2.18. The third kappa shape index (κ3) is 1.54. The quantitative estimate of drug-likeness (QED) is 0.616. The van der Waals surface area contributed by atoms with Gasteiger partial charge in [0.15, 0.2) is 0 Å². The first-order valence-electron chi connectivity index (χ1n) is 3.65. The summed E-state index contributed by atoms with van der Waals surface area (Å²) in [6, 6.07) is 8.22. The van der Waals surface area contributed by atoms with Crippen molar-refractivity contribution in [1.82, 2.24) is 6.15 Å². The van der Waals surface area contributed by atoms with Crippen molar-refractivity contribution in [1.29, 1.82) is 0 Å². The van der Waals surface area contributed by atoms with E-state index in [4.69, 9.17) is 0 Å². The molecule has 0 fully saturated rings. The molecule has 0 unspecified atom stereocenters. The Labute approximate surface area is 72.2 Å². The zero-order valence-corrected chi connectivity index (χ0v) is 6.57. The lowest BCUT2D eigenvalue weighted by molar-refractivity contribution is 1.57. The summed E-state index contributed by atoms with van der Waals surface area (Å²) in [5, 5.41) is 3.18. The van der Waals surface area contributed by atoms with Crippen molar-refractivity contribution < 1.29 is 0 Å². The van der Waals surface area contributed by atoms with Crippen molar-refractivity contribution in [3.63, 3.8) is 0 Å². The molecule has 2 heteroatoms. The number of rotatable bonds is 0. The van der Waals surface area contributed by atoms with E-state index in [1.165, 1.54) is 5.56 Å². The van der Waals surface area contributed by atoms with Gasteiger partial charge in [0.25, 0.3) is 0 Å². The molecule has 1 aromatic rings. The minimum Gasteiger partial charge on any atom is -0.361 e. The molecule has 2 rings (SSSR count). The van der Waals surface area contributed by atoms with Crippen molar-refractivity contribution in [2.45, 2.75) is 0 Å². The van der Waals surface area contributed by atoms with Crippen LogP contribution in [-0.2, 0) is 0 Å². The van der Waals surface area contributed by atoms with E-state index >= 15 is 0 Å². The summed E-state index contributed by atoms with van der Waals surface area (Å²) in [6.07, 6.45) is 8.03. The van der Waals surface area contributed by atoms with Gasteiger partial charge in [-0.3, -0.25) is 0 Å². The van der Waals surface area contributed by atoms with E-state index in [-0.39, 0.29) is 6.15 Å². The molecule has 0 aromatic heterocycles. The van der Waals surface area contributed by atoms with E-state index in [1.807, 2.05) is 30.5 Å². The predicted octanol–water partition coefficient (Wildman–Crippen LogP) is 2.16. The second-order valence-electron chi connectivity index (χ2n) is 2.45. The number of fused-ring (bicyclic) bond motifs is 1. The zero-order valence-electron chi connectivity index (χ0n) is 6.57. The normalized spacial score (nSPS) is 12.3. The second kappa shape index (κ2) is 3.74. The van der Waals surface area contributed by atoms with Gasteiger partial charge in [0, 0.05) is 18.0 Å². The molecule has 0 aliphatic carbocycles. The summed E-state index contributed by atoms with van der Waals surface area (Å²) < 4.78 is 0. The summed E-state index contributed by atoms with van der Waals surface area (Å²) in [6.45, 7) is 0. The Balaban J connectivity index is 0.000000720. The average molecular weight is 157 g/mol. The molecule has 1 heterocycles. The van der Waals surface area contributed by atoms with Crippen LogP contribution in [-0.4, -0.2) is 0 Å². The molecule has 0 bridgehead atoms. The number of nitrogens with zero attached hydrogens (tertiary/aromatic N) is 1. The highest BCUT2D eigenvalue weighted by Gasteiger charge is 1.95. The van der Waals surface area contributed by atoms with Crippen LogP contribution in [0.2, 0.25) is 0 Å². The van der Waals surface area contributed by atoms with Crippen LogP contribution < -0.4 is 11.5 Å². The van der Waals surface area contributed by atoms with Crippen LogP contribution in [0.5, 0.6) is 0 Å². The number of nitrogens with one attached hydrogen (secondary N) is 1. The molecule has 0 saturated heterocycles. The number of benzene rings is 1. The summed E-state index contributed by atoms with van der Waals surface area (Å²) in [5.41, 5.74) is 2.40. The first-order valence-corrected chi connectivity index (χ1v) is 3.65. The van der Waals surface area contributed by atoms with E-state index in [0.29, 0.717) is 0 Å². The Morgan fingerprint density at radius 1 is 1.00 bits per heavy atom. The second-order valence-corrected chi connectivity index (χ2v) is 2.45. The van der Waals surface area contributed by atoms with Gasteiger partial charge in [-0.2, -0.15) is 0 Å². The molecule has 0 atom stereocenters. The van der Waals surface area contributed by atoms with E-state index in [2.05, 4.69) is 23.5 Å². The zero-order chi connectivity index (χ0) is 7.52. The van der Waals surface area contributed by atoms with Gasteiger partial charge in [-0.15, -0.1) is 0 Å². The fourth-order valence-corrected chi connectivity index (χ4v) is 1.13. The molecule has 1 aliphatic rings. The first-order chi connectivity index (χ1) is 5.47. The summed E-state index contributed by atoms with van der Waals surface area (Å²) in [4.78, 5) is 0. The topological polar surface area (TPSA) is 42.5 Å². The van der Waals surface area contributed by atoms with E-state index in [1.54, 1.807) is 0 Å². The van der Waals surface area contributed by atoms with Gasteiger partial charge in [-0.05, 0) is 17.7 Å². The smallest absolute Gasteiger partial charge is 0.0453 e. The van der Waals surface area contributed by atoms with Gasteiger partial charge in [0.2, 0.25) is 0 Å². The maximum atomic E-state index is 3.18. The summed E-state index contributed by atoms with van der Waals surface area (Å²) >= 11 is 0. The largest absolute Gasteiger partial charge is 0.361 e. The van der Waals surface area contributed by atoms with Gasteiger partial charge < -0.3 is 5.32 Å². The lowest BCUT2D eigenvalue weighted by Crippen LogP contribution is -1.87. The Hall–Kier alpha value is -1.54. The van der Waals surface area contributed by atoms with Crippen LogP contribution in [0.3, 0.4) is 0 Å². The number of allylic oxidation sites excluding steroid dienone is 2. The molecule has 1 N–H and O–H groups in total. The maximum Gasteiger partial charge on any atom is 0.0453 e. The maximum absolute atomic E-state index is 3.18. The Morgan fingerprint density at radius 3 is 2.75 bits per heavy atom. The van der Waals surface area contributed by atoms with Crippen molar-refractivity contribution in [2.75, 3.05) is 5.32 Å². The highest BCUT2D eigenvalue weighted by molar-refractivity contribution is 5.69. The van der Waals surface area contributed by atoms with Crippen LogP contribution in [0.15, 0.2) is 42.6 Å². The van der Waals surface area contributed by atoms with Crippen molar-refractivity contribution >= 4 is 11.8 Å². The Bertz CT molecular complexity index is 313. The molecule has 0 spiro atoms. The van der Waals surface area contributed by atoms with Crippen LogP contribution in [0.25, 0.3) is 6.08 Å². The molecule has 12 heavy (non-hydrogen) atoms. The average Bonchev–Trinajstić information content (AvgIpc) is 2.28. The Morgan fingerprint density at radius 2 is 1.83 bits per heavy atom. The van der Waals surface area contributed by atoms with E-state index in [0.717, 1.165) is 5.69 Å². The predicted molar refractivity (Wildman–Crippen MR) is 50.4 cm³/mol. The third-order valence-corrected chi connectivity index (χ3v) is 1.68. The van der Waals surface area contributed by atoms with Gasteiger partial charge in [-0.1, -0.05) is 30.4 Å². The molecule has 2 nitrogen and oxygen atoms in total. The van der Waals surface area contributed by atoms with Gasteiger partial charge in [0.1, 0.15) is 0 Å². The van der Waals surface area contributed by atoms with Gasteiger partial charge in [0.05, 0.1) is 0 Å². The van der Waals surface area contributed by atoms with Gasteiger partial charge >= 0.3 is 0 Å². The minimum atomic E-state index is 0. The lowest BCUT2D eigenvalue weighted by atomic mass is 10.2. The van der Waals surface area contributed by atoms with Crippen LogP contribution in [0.4, 0.5) is 5.69 Å². The highest BCUT2D eigenvalue weighted by atomic mass is 14.8. The number of hydrogen-bond acceptors (Lipinski definition) is 1. The van der Waals surface area contributed by atoms with Crippen molar-refractivity contribution in [3.05, 3.63) is 48.2 Å². The minimum absolute atomic E-state index is 0. The first kappa shape index (κ1) is 8.56. The molecule has 59 valence electrons. The molecule has 0 saturated carbocycles. The monoisotopic (exact) mass is 157 g/mol. The number of hydrogen-bond donors (Lipinski definition) is 1. The fourth-order valence-electron chi connectivity index (χ4n) is 1.13. The fraction of sp³-hybridized carbons (Fsp3) is 0. The van der Waals surface area contributed by atoms with Gasteiger partial charge in [-0.25, -0.2) is 0 Å². The van der Waals surface area contributed by atoms with Crippen molar-refractivity contribution in [3.8, 4) is 0 Å². The molecule has 1 aromatic carbocycles. The molecular weight excluding hydrogens is 148 g/mol. The number of anilines is 1. The van der Waals surface area contributed by atoms with E-state index < -0.39 is 0 Å². The summed E-state index contributed by atoms with van der Waals surface area (Å²) in [7, 11) is 0. The van der Waals surface area contributed by atoms with Crippen molar-refractivity contribution in [2.24, 2.45) is 0 Å². The van der Waals surface area contributed by atoms with Crippen LogP contribution in [0.1, 0.15) is 5.56 Å². The lowest BCUT2D eigenvalue weighted by Gasteiger charge is -2.01. The third-order valence-electron chi connectivity index (χ3n) is 1.68.